The number of rotatable bonds is 1. The van der Waals surface area contributed by atoms with Crippen molar-refractivity contribution in [3.63, 3.8) is 0 Å². The summed E-state index contributed by atoms with van der Waals surface area (Å²) in [6.45, 7) is 2.23. The lowest BCUT2D eigenvalue weighted by Crippen LogP contribution is -2.44. The zero-order valence-corrected chi connectivity index (χ0v) is 13.7. The van der Waals surface area contributed by atoms with Gasteiger partial charge in [0.1, 0.15) is 5.60 Å². The predicted molar refractivity (Wildman–Crippen MR) is 97.2 cm³/mol. The third kappa shape index (κ3) is 1.87. The first-order valence-corrected chi connectivity index (χ1v) is 8.82. The Kier molecular flexibility index (Phi) is 2.98. The van der Waals surface area contributed by atoms with E-state index in [0.29, 0.717) is 5.92 Å². The summed E-state index contributed by atoms with van der Waals surface area (Å²) in [5.41, 5.74) is 4.35. The summed E-state index contributed by atoms with van der Waals surface area (Å²) in [6, 6.07) is 16.5. The van der Waals surface area contributed by atoms with Crippen LogP contribution < -0.4 is 0 Å². The number of nitrogens with zero attached hydrogens (tertiary/aromatic N) is 1. The Morgan fingerprint density at radius 2 is 1.38 bits per heavy atom. The summed E-state index contributed by atoms with van der Waals surface area (Å²) in [4.78, 5) is 2.37. The minimum absolute atomic E-state index is 0.471. The molecule has 0 amide bonds. The van der Waals surface area contributed by atoms with E-state index in [2.05, 4.69) is 47.5 Å². The van der Waals surface area contributed by atoms with Gasteiger partial charge in [0.2, 0.25) is 0 Å². The van der Waals surface area contributed by atoms with Crippen molar-refractivity contribution < 1.29 is 5.11 Å². The van der Waals surface area contributed by atoms with Gasteiger partial charge in [0.05, 0.1) is 0 Å². The van der Waals surface area contributed by atoms with E-state index < -0.39 is 5.60 Å². The molecule has 2 bridgehead atoms. The van der Waals surface area contributed by atoms with Gasteiger partial charge in [0, 0.05) is 19.3 Å². The summed E-state index contributed by atoms with van der Waals surface area (Å²) < 4.78 is 0. The van der Waals surface area contributed by atoms with E-state index in [0.717, 1.165) is 48.2 Å². The summed E-state index contributed by atoms with van der Waals surface area (Å²) in [6.07, 6.45) is 8.79. The Morgan fingerprint density at radius 1 is 0.833 bits per heavy atom. The molecule has 0 spiro atoms. The molecule has 4 aliphatic rings. The largest absolute Gasteiger partial charge is 0.377 e. The third-order valence-electron chi connectivity index (χ3n) is 5.85. The van der Waals surface area contributed by atoms with Gasteiger partial charge >= 0.3 is 0 Å². The van der Waals surface area contributed by atoms with E-state index in [-0.39, 0.29) is 0 Å². The third-order valence-corrected chi connectivity index (χ3v) is 5.85. The van der Waals surface area contributed by atoms with Crippen LogP contribution in [0.15, 0.2) is 60.3 Å². The van der Waals surface area contributed by atoms with Gasteiger partial charge in [-0.05, 0) is 46.6 Å². The molecule has 2 aromatic carbocycles. The number of hydrogen-bond acceptors (Lipinski definition) is 2. The van der Waals surface area contributed by atoms with Crippen molar-refractivity contribution in [3.8, 4) is 0 Å². The highest BCUT2D eigenvalue weighted by molar-refractivity contribution is 5.78. The fourth-order valence-corrected chi connectivity index (χ4v) is 4.61. The molecule has 1 N–H and O–H groups in total. The average Bonchev–Trinajstić information content (AvgIpc) is 2.79. The highest BCUT2D eigenvalue weighted by atomic mass is 16.3. The lowest BCUT2D eigenvalue weighted by atomic mass is 9.69. The smallest absolute Gasteiger partial charge is 0.139 e. The van der Waals surface area contributed by atoms with Crippen LogP contribution in [0.2, 0.25) is 0 Å². The first kappa shape index (κ1) is 14.1. The van der Waals surface area contributed by atoms with Crippen LogP contribution in [0, 0.1) is 5.92 Å². The van der Waals surface area contributed by atoms with Crippen molar-refractivity contribution in [2.24, 2.45) is 5.92 Å². The summed E-state index contributed by atoms with van der Waals surface area (Å²) in [7, 11) is 0. The van der Waals surface area contributed by atoms with E-state index in [1.54, 1.807) is 0 Å². The average molecular weight is 315 g/mol. The maximum absolute atomic E-state index is 12.2. The molecule has 2 heteroatoms. The van der Waals surface area contributed by atoms with Crippen molar-refractivity contribution in [3.05, 3.63) is 82.6 Å². The molecule has 0 atom stereocenters. The number of piperidine rings is 1. The molecule has 120 valence electrons. The van der Waals surface area contributed by atoms with Gasteiger partial charge in [0.15, 0.2) is 0 Å². The number of aliphatic hydroxyl groups is 1. The van der Waals surface area contributed by atoms with Gasteiger partial charge in [-0.1, -0.05) is 60.7 Å². The van der Waals surface area contributed by atoms with Crippen LogP contribution in [0.1, 0.15) is 35.1 Å². The molecule has 3 aliphatic heterocycles. The van der Waals surface area contributed by atoms with E-state index in [9.17, 15) is 5.11 Å². The molecule has 1 aliphatic carbocycles. The molecule has 0 unspecified atom stereocenters. The van der Waals surface area contributed by atoms with E-state index in [1.807, 2.05) is 24.3 Å². The highest BCUT2D eigenvalue weighted by Crippen LogP contribution is 2.49. The Balaban J connectivity index is 1.82. The Bertz CT molecular complexity index is 806. The molecular weight excluding hydrogens is 294 g/mol. The Morgan fingerprint density at radius 3 is 1.88 bits per heavy atom. The molecule has 24 heavy (non-hydrogen) atoms. The molecule has 3 heterocycles. The van der Waals surface area contributed by atoms with Gasteiger partial charge in [-0.15, -0.1) is 0 Å². The van der Waals surface area contributed by atoms with Crippen LogP contribution in [-0.4, -0.2) is 23.1 Å². The quantitative estimate of drug-likeness (QED) is 0.859. The van der Waals surface area contributed by atoms with E-state index in [4.69, 9.17) is 0 Å². The van der Waals surface area contributed by atoms with Crippen molar-refractivity contribution in [1.82, 2.24) is 4.90 Å². The molecule has 0 saturated carbocycles. The zero-order chi connectivity index (χ0) is 16.1. The number of fused-ring (bicyclic) bond motifs is 4. The molecule has 0 aromatic heterocycles. The summed E-state index contributed by atoms with van der Waals surface area (Å²) in [5.74, 6) is 0.471. The maximum atomic E-state index is 12.2. The minimum atomic E-state index is -1.04. The fourth-order valence-electron chi connectivity index (χ4n) is 4.61. The van der Waals surface area contributed by atoms with Crippen LogP contribution in [-0.2, 0) is 5.60 Å². The van der Waals surface area contributed by atoms with Crippen LogP contribution in [0.3, 0.4) is 0 Å². The normalized spacial score (nSPS) is 21.0. The van der Waals surface area contributed by atoms with Gasteiger partial charge < -0.3 is 10.0 Å². The standard InChI is InChI=1S/C22H21NO/c24-22(21-15-23-13-11-18(21)12-14-23)19-7-3-1-5-16(19)9-10-17-6-2-4-8-20(17)22/h1-10,15,18,24H,11-14H2. The zero-order valence-electron chi connectivity index (χ0n) is 13.7. The van der Waals surface area contributed by atoms with Gasteiger partial charge in [-0.25, -0.2) is 0 Å². The second-order valence-corrected chi connectivity index (χ2v) is 7.11. The first-order valence-electron chi connectivity index (χ1n) is 8.82. The fraction of sp³-hybridized carbons (Fsp3) is 0.273. The van der Waals surface area contributed by atoms with E-state index in [1.165, 1.54) is 5.57 Å². The van der Waals surface area contributed by atoms with Crippen LogP contribution in [0.5, 0.6) is 0 Å². The number of hydrogen-bond donors (Lipinski definition) is 1. The molecule has 6 rings (SSSR count). The molecular formula is C22H21NO. The SMILES string of the molecule is OC1(C2=CN3CCC2CC3)c2ccccc2C=Cc2ccccc21. The molecule has 1 saturated heterocycles. The topological polar surface area (TPSA) is 23.5 Å². The first-order chi connectivity index (χ1) is 11.8. The summed E-state index contributed by atoms with van der Waals surface area (Å²) >= 11 is 0. The summed E-state index contributed by atoms with van der Waals surface area (Å²) in [5, 5.41) is 12.2. The maximum Gasteiger partial charge on any atom is 0.139 e. The highest BCUT2D eigenvalue weighted by Gasteiger charge is 2.45. The van der Waals surface area contributed by atoms with E-state index >= 15 is 0 Å². The van der Waals surface area contributed by atoms with Crippen LogP contribution in [0.25, 0.3) is 12.2 Å². The van der Waals surface area contributed by atoms with Gasteiger partial charge in [-0.2, -0.15) is 0 Å². The molecule has 2 nitrogen and oxygen atoms in total. The Labute approximate surface area is 142 Å². The Hall–Kier alpha value is -2.32. The molecule has 1 fully saturated rings. The van der Waals surface area contributed by atoms with Crippen LogP contribution in [0.4, 0.5) is 0 Å². The van der Waals surface area contributed by atoms with Crippen molar-refractivity contribution in [2.45, 2.75) is 18.4 Å². The monoisotopic (exact) mass is 315 g/mol. The lowest BCUT2D eigenvalue weighted by molar-refractivity contribution is 0.0827. The van der Waals surface area contributed by atoms with Crippen molar-refractivity contribution in [1.29, 1.82) is 0 Å². The minimum Gasteiger partial charge on any atom is -0.377 e. The van der Waals surface area contributed by atoms with Gasteiger partial charge in [0.25, 0.3) is 0 Å². The number of benzene rings is 2. The molecule has 2 aromatic rings. The predicted octanol–water partition coefficient (Wildman–Crippen LogP) is 4.02. The van der Waals surface area contributed by atoms with Gasteiger partial charge in [-0.3, -0.25) is 0 Å². The van der Waals surface area contributed by atoms with Crippen molar-refractivity contribution in [2.75, 3.05) is 13.1 Å². The van der Waals surface area contributed by atoms with Crippen molar-refractivity contribution >= 4 is 12.2 Å². The molecule has 0 radical (unpaired) electrons. The lowest BCUT2D eigenvalue weighted by Gasteiger charge is -2.46. The van der Waals surface area contributed by atoms with Crippen LogP contribution >= 0.6 is 0 Å². The second kappa shape index (κ2) is 5.09. The second-order valence-electron chi connectivity index (χ2n) is 7.11.